The molecule has 2 aromatic rings. The summed E-state index contributed by atoms with van der Waals surface area (Å²) in [6.07, 6.45) is 0.928. The number of rotatable bonds is 5. The first-order chi connectivity index (χ1) is 11.5. The van der Waals surface area contributed by atoms with Crippen LogP contribution in [0.25, 0.3) is 0 Å². The van der Waals surface area contributed by atoms with Crippen molar-refractivity contribution in [3.05, 3.63) is 63.6 Å². The highest BCUT2D eigenvalue weighted by Crippen LogP contribution is 2.23. The molecule has 0 saturated carbocycles. The maximum atomic E-state index is 12.0. The number of hydrogen-bond donors (Lipinski definition) is 2. The van der Waals surface area contributed by atoms with Gasteiger partial charge in [0, 0.05) is 0 Å². The van der Waals surface area contributed by atoms with E-state index in [2.05, 4.69) is 17.8 Å². The van der Waals surface area contributed by atoms with Gasteiger partial charge in [0.2, 0.25) is 0 Å². The lowest BCUT2D eigenvalue weighted by atomic mass is 10.2. The van der Waals surface area contributed by atoms with Gasteiger partial charge < -0.3 is 4.74 Å². The molecule has 0 aliphatic carbocycles. The summed E-state index contributed by atoms with van der Waals surface area (Å²) in [5.41, 5.74) is 5.77. The van der Waals surface area contributed by atoms with Gasteiger partial charge in [0.15, 0.2) is 6.61 Å². The van der Waals surface area contributed by atoms with Gasteiger partial charge in [-0.1, -0.05) is 48.3 Å². The number of ether oxygens (including phenoxy) is 1. The summed E-state index contributed by atoms with van der Waals surface area (Å²) in [6, 6.07) is 12.1. The number of carbonyl (C=O) groups is 2. The van der Waals surface area contributed by atoms with Gasteiger partial charge in [0.25, 0.3) is 11.8 Å². The molecule has 0 unspecified atom stereocenters. The van der Waals surface area contributed by atoms with E-state index in [1.54, 1.807) is 18.2 Å². The van der Waals surface area contributed by atoms with Crippen LogP contribution in [0.3, 0.4) is 0 Å². The highest BCUT2D eigenvalue weighted by atomic mass is 35.5. The Morgan fingerprint density at radius 2 is 1.62 bits per heavy atom. The Balaban J connectivity index is 1.83. The third kappa shape index (κ3) is 4.88. The van der Waals surface area contributed by atoms with Crippen LogP contribution in [-0.2, 0) is 11.2 Å². The summed E-state index contributed by atoms with van der Waals surface area (Å²) >= 11 is 11.8. The molecule has 0 atom stereocenters. The second kappa shape index (κ2) is 8.57. The molecule has 2 N–H and O–H groups in total. The fourth-order valence-corrected chi connectivity index (χ4v) is 2.48. The highest BCUT2D eigenvalue weighted by Gasteiger charge is 2.15. The standard InChI is InChI=1S/C17H16Cl2N2O3/c1-2-11-6-8-12(9-7-11)24-10-15(22)20-21-17(23)16-13(18)4-3-5-14(16)19/h3-9H,2,10H2,1H3,(H,20,22)(H,21,23). The van der Waals surface area contributed by atoms with E-state index in [4.69, 9.17) is 27.9 Å². The number of carbonyl (C=O) groups excluding carboxylic acids is 2. The number of halogens is 2. The summed E-state index contributed by atoms with van der Waals surface area (Å²) in [5.74, 6) is -0.542. The van der Waals surface area contributed by atoms with Crippen molar-refractivity contribution in [2.45, 2.75) is 13.3 Å². The van der Waals surface area contributed by atoms with Crippen LogP contribution < -0.4 is 15.6 Å². The first-order valence-corrected chi connectivity index (χ1v) is 8.01. The summed E-state index contributed by atoms with van der Waals surface area (Å²) in [6.45, 7) is 1.82. The Hall–Kier alpha value is -2.24. The molecule has 24 heavy (non-hydrogen) atoms. The molecule has 0 heterocycles. The molecular weight excluding hydrogens is 351 g/mol. The van der Waals surface area contributed by atoms with Gasteiger partial charge in [-0.25, -0.2) is 0 Å². The van der Waals surface area contributed by atoms with Gasteiger partial charge in [-0.2, -0.15) is 0 Å². The Kier molecular flexibility index (Phi) is 6.46. The maximum Gasteiger partial charge on any atom is 0.276 e. The number of benzene rings is 2. The van der Waals surface area contributed by atoms with Crippen molar-refractivity contribution in [2.75, 3.05) is 6.61 Å². The van der Waals surface area contributed by atoms with Gasteiger partial charge in [-0.3, -0.25) is 20.4 Å². The number of hydrogen-bond acceptors (Lipinski definition) is 3. The van der Waals surface area contributed by atoms with Crippen LogP contribution in [-0.4, -0.2) is 18.4 Å². The van der Waals surface area contributed by atoms with Crippen LogP contribution in [0.5, 0.6) is 5.75 Å². The van der Waals surface area contributed by atoms with E-state index in [1.165, 1.54) is 17.7 Å². The molecular formula is C17H16Cl2N2O3. The predicted octanol–water partition coefficient (Wildman–Crippen LogP) is 3.40. The van der Waals surface area contributed by atoms with E-state index in [-0.39, 0.29) is 22.2 Å². The van der Waals surface area contributed by atoms with Gasteiger partial charge >= 0.3 is 0 Å². The third-order valence-electron chi connectivity index (χ3n) is 3.21. The molecule has 0 bridgehead atoms. The van der Waals surface area contributed by atoms with Crippen molar-refractivity contribution in [1.82, 2.24) is 10.9 Å². The van der Waals surface area contributed by atoms with Crippen molar-refractivity contribution in [3.8, 4) is 5.75 Å². The van der Waals surface area contributed by atoms with Gasteiger partial charge in [0.1, 0.15) is 5.75 Å². The Morgan fingerprint density at radius 3 is 2.21 bits per heavy atom. The van der Waals surface area contributed by atoms with Gasteiger partial charge in [0.05, 0.1) is 15.6 Å². The lowest BCUT2D eigenvalue weighted by Gasteiger charge is -2.10. The smallest absolute Gasteiger partial charge is 0.276 e. The molecule has 0 aliphatic rings. The Labute approximate surface area is 149 Å². The van der Waals surface area contributed by atoms with Crippen molar-refractivity contribution >= 4 is 35.0 Å². The fraction of sp³-hybridized carbons (Fsp3) is 0.176. The monoisotopic (exact) mass is 366 g/mol. The molecule has 0 radical (unpaired) electrons. The number of nitrogens with one attached hydrogen (secondary N) is 2. The van der Waals surface area contributed by atoms with Crippen LogP contribution in [0.4, 0.5) is 0 Å². The van der Waals surface area contributed by atoms with E-state index < -0.39 is 11.8 Å². The molecule has 2 amide bonds. The lowest BCUT2D eigenvalue weighted by Crippen LogP contribution is -2.44. The van der Waals surface area contributed by atoms with Crippen LogP contribution in [0, 0.1) is 0 Å². The Morgan fingerprint density at radius 1 is 1.00 bits per heavy atom. The zero-order valence-electron chi connectivity index (χ0n) is 12.9. The summed E-state index contributed by atoms with van der Waals surface area (Å²) < 4.78 is 5.34. The van der Waals surface area contributed by atoms with E-state index in [1.807, 2.05) is 12.1 Å². The minimum Gasteiger partial charge on any atom is -0.484 e. The first kappa shape index (κ1) is 18.1. The molecule has 0 aliphatic heterocycles. The molecule has 0 spiro atoms. The third-order valence-corrected chi connectivity index (χ3v) is 3.84. The van der Waals surface area contributed by atoms with Crippen LogP contribution >= 0.6 is 23.2 Å². The minimum absolute atomic E-state index is 0.0946. The average Bonchev–Trinajstić information content (AvgIpc) is 2.58. The summed E-state index contributed by atoms with van der Waals surface area (Å²) in [7, 11) is 0. The van der Waals surface area contributed by atoms with E-state index >= 15 is 0 Å². The van der Waals surface area contributed by atoms with Crippen molar-refractivity contribution in [1.29, 1.82) is 0 Å². The maximum absolute atomic E-state index is 12.0. The average molecular weight is 367 g/mol. The fourth-order valence-electron chi connectivity index (χ4n) is 1.91. The molecule has 2 aromatic carbocycles. The zero-order valence-corrected chi connectivity index (χ0v) is 14.4. The zero-order chi connectivity index (χ0) is 17.5. The van der Waals surface area contributed by atoms with E-state index in [0.717, 1.165) is 6.42 Å². The molecule has 0 fully saturated rings. The normalized spacial score (nSPS) is 10.1. The highest BCUT2D eigenvalue weighted by molar-refractivity contribution is 6.39. The van der Waals surface area contributed by atoms with E-state index in [9.17, 15) is 9.59 Å². The molecule has 2 rings (SSSR count). The predicted molar refractivity (Wildman–Crippen MR) is 93.4 cm³/mol. The number of amides is 2. The van der Waals surface area contributed by atoms with E-state index in [0.29, 0.717) is 5.75 Å². The van der Waals surface area contributed by atoms with Crippen molar-refractivity contribution < 1.29 is 14.3 Å². The molecule has 5 nitrogen and oxygen atoms in total. The molecule has 0 aromatic heterocycles. The minimum atomic E-state index is -0.605. The van der Waals surface area contributed by atoms with Crippen LogP contribution in [0.2, 0.25) is 10.0 Å². The second-order valence-corrected chi connectivity index (χ2v) is 5.70. The van der Waals surface area contributed by atoms with Crippen molar-refractivity contribution in [3.63, 3.8) is 0 Å². The largest absolute Gasteiger partial charge is 0.484 e. The number of aryl methyl sites for hydroxylation is 1. The molecule has 7 heteroatoms. The van der Waals surface area contributed by atoms with Gasteiger partial charge in [-0.15, -0.1) is 0 Å². The summed E-state index contributed by atoms with van der Waals surface area (Å²) in [5, 5.41) is 0.392. The van der Waals surface area contributed by atoms with Crippen LogP contribution in [0.1, 0.15) is 22.8 Å². The lowest BCUT2D eigenvalue weighted by molar-refractivity contribution is -0.123. The SMILES string of the molecule is CCc1ccc(OCC(=O)NNC(=O)c2c(Cl)cccc2Cl)cc1. The quantitative estimate of drug-likeness (QED) is 0.796. The van der Waals surface area contributed by atoms with Gasteiger partial charge in [-0.05, 0) is 36.2 Å². The topological polar surface area (TPSA) is 67.4 Å². The van der Waals surface area contributed by atoms with Crippen LogP contribution in [0.15, 0.2) is 42.5 Å². The summed E-state index contributed by atoms with van der Waals surface area (Å²) in [4.78, 5) is 23.7. The molecule has 126 valence electrons. The first-order valence-electron chi connectivity index (χ1n) is 7.26. The van der Waals surface area contributed by atoms with Crippen molar-refractivity contribution in [2.24, 2.45) is 0 Å². The second-order valence-electron chi connectivity index (χ2n) is 4.89. The number of hydrazine groups is 1. The molecule has 0 saturated heterocycles. The Bertz CT molecular complexity index is 713.